The average molecular weight is 401 g/mol. The zero-order chi connectivity index (χ0) is 15.2. The lowest BCUT2D eigenvalue weighted by atomic mass is 9.98. The highest BCUT2D eigenvalue weighted by molar-refractivity contribution is 14.1. The Hall–Kier alpha value is -1.01. The topological polar surface area (TPSA) is 12.0 Å². The van der Waals surface area contributed by atoms with Gasteiger partial charge in [-0.05, 0) is 65.7 Å². The summed E-state index contributed by atoms with van der Waals surface area (Å²) in [6, 6.07) is 12.2. The van der Waals surface area contributed by atoms with Crippen LogP contribution in [0.4, 0.5) is 8.78 Å². The molecule has 1 N–H and O–H groups in total. The normalized spacial score (nSPS) is 12.4. The first-order valence-corrected chi connectivity index (χ1v) is 8.11. The van der Waals surface area contributed by atoms with E-state index in [2.05, 4.69) is 34.8 Å². The van der Waals surface area contributed by atoms with Crippen molar-refractivity contribution in [1.29, 1.82) is 0 Å². The van der Waals surface area contributed by atoms with Crippen molar-refractivity contribution in [3.05, 3.63) is 68.8 Å². The van der Waals surface area contributed by atoms with Gasteiger partial charge in [-0.25, -0.2) is 8.78 Å². The lowest BCUT2D eigenvalue weighted by Gasteiger charge is -2.20. The minimum atomic E-state index is -0.793. The molecule has 21 heavy (non-hydrogen) atoms. The first kappa shape index (κ1) is 16.4. The lowest BCUT2D eigenvalue weighted by Crippen LogP contribution is -2.25. The van der Waals surface area contributed by atoms with Crippen molar-refractivity contribution in [1.82, 2.24) is 5.32 Å². The van der Waals surface area contributed by atoms with Crippen molar-refractivity contribution < 1.29 is 8.78 Å². The Balaban J connectivity index is 2.25. The zero-order valence-electron chi connectivity index (χ0n) is 11.9. The maximum absolute atomic E-state index is 14.0. The Bertz CT molecular complexity index is 584. The van der Waals surface area contributed by atoms with Crippen LogP contribution in [0.2, 0.25) is 0 Å². The number of hydrogen-bond acceptors (Lipinski definition) is 1. The van der Waals surface area contributed by atoms with Gasteiger partial charge in [-0.2, -0.15) is 0 Å². The summed E-state index contributed by atoms with van der Waals surface area (Å²) in [4.78, 5) is 0. The van der Waals surface area contributed by atoms with Crippen molar-refractivity contribution in [3.63, 3.8) is 0 Å². The third-order valence-electron chi connectivity index (χ3n) is 3.35. The molecule has 0 aromatic heterocycles. The molecule has 0 saturated heterocycles. The molecule has 0 heterocycles. The SMILES string of the molecule is CCCNC(Cc1ccc(I)cc1)c1cccc(F)c1F. The van der Waals surface area contributed by atoms with E-state index in [9.17, 15) is 8.78 Å². The standard InChI is InChI=1S/C17H18F2IN/c1-2-10-21-16(11-12-6-8-13(20)9-7-12)14-4-3-5-15(18)17(14)19/h3-9,16,21H,2,10-11H2,1H3. The van der Waals surface area contributed by atoms with Crippen LogP contribution in [0.3, 0.4) is 0 Å². The van der Waals surface area contributed by atoms with Crippen molar-refractivity contribution in [3.8, 4) is 0 Å². The first-order valence-electron chi connectivity index (χ1n) is 7.03. The number of halogens is 3. The van der Waals surface area contributed by atoms with E-state index in [1.807, 2.05) is 24.3 Å². The first-order chi connectivity index (χ1) is 10.1. The van der Waals surface area contributed by atoms with E-state index in [0.29, 0.717) is 12.0 Å². The molecule has 2 aromatic rings. The molecular weight excluding hydrogens is 383 g/mol. The molecule has 0 aliphatic carbocycles. The summed E-state index contributed by atoms with van der Waals surface area (Å²) in [6.45, 7) is 2.82. The zero-order valence-corrected chi connectivity index (χ0v) is 14.0. The van der Waals surface area contributed by atoms with Crippen molar-refractivity contribution in [2.75, 3.05) is 6.54 Å². The Morgan fingerprint density at radius 3 is 2.48 bits per heavy atom. The van der Waals surface area contributed by atoms with E-state index < -0.39 is 11.6 Å². The van der Waals surface area contributed by atoms with Crippen LogP contribution < -0.4 is 5.32 Å². The molecule has 0 spiro atoms. The van der Waals surface area contributed by atoms with Crippen molar-refractivity contribution in [2.24, 2.45) is 0 Å². The Morgan fingerprint density at radius 2 is 1.81 bits per heavy atom. The second-order valence-corrected chi connectivity index (χ2v) is 6.23. The molecular formula is C17H18F2IN. The number of hydrogen-bond donors (Lipinski definition) is 1. The van der Waals surface area contributed by atoms with E-state index in [1.165, 1.54) is 0 Å². The summed E-state index contributed by atoms with van der Waals surface area (Å²) in [5.41, 5.74) is 1.50. The summed E-state index contributed by atoms with van der Waals surface area (Å²) in [5.74, 6) is -1.55. The molecule has 0 amide bonds. The van der Waals surface area contributed by atoms with Crippen LogP contribution in [-0.4, -0.2) is 6.54 Å². The van der Waals surface area contributed by atoms with Crippen LogP contribution in [0.15, 0.2) is 42.5 Å². The smallest absolute Gasteiger partial charge is 0.163 e. The minimum Gasteiger partial charge on any atom is -0.310 e. The highest BCUT2D eigenvalue weighted by atomic mass is 127. The highest BCUT2D eigenvalue weighted by Crippen LogP contribution is 2.23. The van der Waals surface area contributed by atoms with Gasteiger partial charge in [0.15, 0.2) is 11.6 Å². The van der Waals surface area contributed by atoms with Gasteiger partial charge in [-0.1, -0.05) is 31.2 Å². The minimum absolute atomic E-state index is 0.222. The van der Waals surface area contributed by atoms with Crippen LogP contribution in [0.1, 0.15) is 30.5 Å². The molecule has 0 bridgehead atoms. The van der Waals surface area contributed by atoms with Crippen molar-refractivity contribution >= 4 is 22.6 Å². The Kier molecular flexibility index (Phi) is 6.11. The molecule has 2 aromatic carbocycles. The van der Waals surface area contributed by atoms with Gasteiger partial charge in [-0.3, -0.25) is 0 Å². The summed E-state index contributed by atoms with van der Waals surface area (Å²) in [6.07, 6.45) is 1.58. The highest BCUT2D eigenvalue weighted by Gasteiger charge is 2.18. The van der Waals surface area contributed by atoms with Crippen LogP contribution in [0, 0.1) is 15.2 Å². The second kappa shape index (κ2) is 7.84. The van der Waals surface area contributed by atoms with Gasteiger partial charge in [0.05, 0.1) is 0 Å². The van der Waals surface area contributed by atoms with E-state index >= 15 is 0 Å². The van der Waals surface area contributed by atoms with Crippen molar-refractivity contribution in [2.45, 2.75) is 25.8 Å². The molecule has 1 atom stereocenters. The predicted molar refractivity (Wildman–Crippen MR) is 90.3 cm³/mol. The van der Waals surface area contributed by atoms with Gasteiger partial charge < -0.3 is 5.32 Å². The van der Waals surface area contributed by atoms with Gasteiger partial charge in [0.1, 0.15) is 0 Å². The second-order valence-electron chi connectivity index (χ2n) is 4.98. The molecule has 0 saturated carbocycles. The third kappa shape index (κ3) is 4.48. The Labute approximate surface area is 137 Å². The number of nitrogens with one attached hydrogen (secondary N) is 1. The largest absolute Gasteiger partial charge is 0.310 e. The fourth-order valence-corrected chi connectivity index (χ4v) is 2.62. The monoisotopic (exact) mass is 401 g/mol. The molecule has 0 fully saturated rings. The molecule has 0 radical (unpaired) electrons. The molecule has 2 rings (SSSR count). The fraction of sp³-hybridized carbons (Fsp3) is 0.294. The third-order valence-corrected chi connectivity index (χ3v) is 4.07. The Morgan fingerprint density at radius 1 is 1.10 bits per heavy atom. The molecule has 112 valence electrons. The number of benzene rings is 2. The summed E-state index contributed by atoms with van der Waals surface area (Å²) in [7, 11) is 0. The average Bonchev–Trinajstić information content (AvgIpc) is 2.48. The summed E-state index contributed by atoms with van der Waals surface area (Å²) >= 11 is 2.25. The van der Waals surface area contributed by atoms with Gasteiger partial charge in [0, 0.05) is 15.2 Å². The van der Waals surface area contributed by atoms with Crippen LogP contribution in [-0.2, 0) is 6.42 Å². The van der Waals surface area contributed by atoms with Crippen LogP contribution in [0.5, 0.6) is 0 Å². The quantitative estimate of drug-likeness (QED) is 0.683. The molecule has 1 nitrogen and oxygen atoms in total. The van der Waals surface area contributed by atoms with E-state index in [0.717, 1.165) is 28.2 Å². The van der Waals surface area contributed by atoms with Gasteiger partial charge in [0.2, 0.25) is 0 Å². The van der Waals surface area contributed by atoms with Gasteiger partial charge in [-0.15, -0.1) is 0 Å². The van der Waals surface area contributed by atoms with E-state index in [-0.39, 0.29) is 6.04 Å². The van der Waals surface area contributed by atoms with E-state index in [1.54, 1.807) is 12.1 Å². The molecule has 1 unspecified atom stereocenters. The van der Waals surface area contributed by atoms with Crippen LogP contribution in [0.25, 0.3) is 0 Å². The lowest BCUT2D eigenvalue weighted by molar-refractivity contribution is 0.459. The van der Waals surface area contributed by atoms with Gasteiger partial charge >= 0.3 is 0 Å². The van der Waals surface area contributed by atoms with Crippen LogP contribution >= 0.6 is 22.6 Å². The maximum atomic E-state index is 14.0. The molecule has 0 aliphatic rings. The van der Waals surface area contributed by atoms with Gasteiger partial charge in [0.25, 0.3) is 0 Å². The molecule has 0 aliphatic heterocycles. The molecule has 4 heteroatoms. The maximum Gasteiger partial charge on any atom is 0.163 e. The number of rotatable bonds is 6. The predicted octanol–water partition coefficient (Wildman–Crippen LogP) is 4.85. The summed E-state index contributed by atoms with van der Waals surface area (Å²) < 4.78 is 28.6. The fourth-order valence-electron chi connectivity index (χ4n) is 2.26. The van der Waals surface area contributed by atoms with E-state index in [4.69, 9.17) is 0 Å². The summed E-state index contributed by atoms with van der Waals surface area (Å²) in [5, 5.41) is 3.31.